The van der Waals surface area contributed by atoms with Gasteiger partial charge in [-0.2, -0.15) is 0 Å². The lowest BCUT2D eigenvalue weighted by molar-refractivity contribution is -0.0823. The Morgan fingerprint density at radius 1 is 1.14 bits per heavy atom. The summed E-state index contributed by atoms with van der Waals surface area (Å²) >= 11 is 0. The molecule has 2 fully saturated rings. The van der Waals surface area contributed by atoms with Crippen molar-refractivity contribution in [2.24, 2.45) is 0 Å². The van der Waals surface area contributed by atoms with Crippen LogP contribution in [-0.4, -0.2) is 50.7 Å². The van der Waals surface area contributed by atoms with Crippen LogP contribution < -0.4 is 0 Å². The van der Waals surface area contributed by atoms with Crippen molar-refractivity contribution in [1.29, 1.82) is 0 Å². The summed E-state index contributed by atoms with van der Waals surface area (Å²) < 4.78 is 28.0. The van der Waals surface area contributed by atoms with Crippen molar-refractivity contribution in [2.75, 3.05) is 31.2 Å². The van der Waals surface area contributed by atoms with Gasteiger partial charge >= 0.3 is 0 Å². The van der Waals surface area contributed by atoms with Crippen molar-refractivity contribution in [3.63, 3.8) is 0 Å². The van der Waals surface area contributed by atoms with E-state index in [9.17, 15) is 8.42 Å². The second kappa shape index (κ2) is 4.16. The molecule has 0 bridgehead atoms. The minimum absolute atomic E-state index is 0.180. The fourth-order valence-corrected chi connectivity index (χ4v) is 3.26. The second-order valence-corrected chi connectivity index (χ2v) is 6.31. The Labute approximate surface area is 85.1 Å². The van der Waals surface area contributed by atoms with Gasteiger partial charge in [-0.3, -0.25) is 4.90 Å². The molecule has 0 aliphatic carbocycles. The summed E-state index contributed by atoms with van der Waals surface area (Å²) in [6.07, 6.45) is 3.58. The highest BCUT2D eigenvalue weighted by molar-refractivity contribution is 7.91. The summed E-state index contributed by atoms with van der Waals surface area (Å²) in [4.78, 5) is 2.17. The molecule has 1 unspecified atom stereocenters. The van der Waals surface area contributed by atoms with E-state index in [4.69, 9.17) is 4.74 Å². The third-order valence-corrected chi connectivity index (χ3v) is 4.55. The van der Waals surface area contributed by atoms with Crippen molar-refractivity contribution in [3.8, 4) is 0 Å². The number of hydrogen-bond acceptors (Lipinski definition) is 4. The van der Waals surface area contributed by atoms with E-state index in [1.165, 1.54) is 6.42 Å². The van der Waals surface area contributed by atoms with Crippen LogP contribution in [0.5, 0.6) is 0 Å². The molecule has 0 aromatic carbocycles. The fraction of sp³-hybridized carbons (Fsp3) is 1.00. The van der Waals surface area contributed by atoms with Crippen molar-refractivity contribution in [2.45, 2.75) is 25.5 Å². The molecule has 0 spiro atoms. The second-order valence-electron chi connectivity index (χ2n) is 4.01. The van der Waals surface area contributed by atoms with Crippen LogP contribution in [-0.2, 0) is 14.6 Å². The Bertz CT molecular complexity index is 268. The van der Waals surface area contributed by atoms with Crippen molar-refractivity contribution >= 4 is 9.84 Å². The maximum atomic E-state index is 11.2. The molecule has 1 atom stereocenters. The SMILES string of the molecule is O=S1(=O)CCN(C2CCCCO2)CC1. The molecule has 4 nitrogen and oxygen atoms in total. The van der Waals surface area contributed by atoms with Gasteiger partial charge in [-0.15, -0.1) is 0 Å². The van der Waals surface area contributed by atoms with E-state index in [1.54, 1.807) is 0 Å². The largest absolute Gasteiger partial charge is 0.363 e. The first kappa shape index (κ1) is 10.4. The molecular formula is C9H17NO3S. The van der Waals surface area contributed by atoms with Gasteiger partial charge in [-0.05, 0) is 19.3 Å². The van der Waals surface area contributed by atoms with Gasteiger partial charge in [-0.1, -0.05) is 0 Å². The fourth-order valence-electron chi connectivity index (χ4n) is 2.03. The van der Waals surface area contributed by atoms with Gasteiger partial charge in [0.1, 0.15) is 6.23 Å². The molecule has 0 radical (unpaired) electrons. The van der Waals surface area contributed by atoms with Gasteiger partial charge in [-0.25, -0.2) is 8.42 Å². The summed E-state index contributed by atoms with van der Waals surface area (Å²) in [6, 6.07) is 0. The molecule has 2 aliphatic heterocycles. The molecule has 5 heteroatoms. The quantitative estimate of drug-likeness (QED) is 0.634. The summed E-state index contributed by atoms with van der Waals surface area (Å²) in [5.41, 5.74) is 0. The molecule has 0 aromatic rings. The minimum atomic E-state index is -2.75. The molecule has 0 aromatic heterocycles. The zero-order valence-electron chi connectivity index (χ0n) is 8.31. The summed E-state index contributed by atoms with van der Waals surface area (Å²) in [6.45, 7) is 2.12. The van der Waals surface area contributed by atoms with E-state index < -0.39 is 9.84 Å². The molecule has 2 heterocycles. The summed E-state index contributed by atoms with van der Waals surface area (Å²) in [5, 5.41) is 0. The van der Waals surface area contributed by atoms with Crippen molar-refractivity contribution < 1.29 is 13.2 Å². The highest BCUT2D eigenvalue weighted by Crippen LogP contribution is 2.18. The lowest BCUT2D eigenvalue weighted by Gasteiger charge is -2.36. The number of ether oxygens (including phenoxy) is 1. The number of sulfone groups is 1. The van der Waals surface area contributed by atoms with E-state index in [-0.39, 0.29) is 6.23 Å². The predicted molar refractivity (Wildman–Crippen MR) is 53.8 cm³/mol. The lowest BCUT2D eigenvalue weighted by Crippen LogP contribution is -2.48. The number of hydrogen-bond donors (Lipinski definition) is 0. The molecule has 0 saturated carbocycles. The van der Waals surface area contributed by atoms with Gasteiger partial charge in [0, 0.05) is 19.7 Å². The van der Waals surface area contributed by atoms with Crippen LogP contribution in [0.3, 0.4) is 0 Å². The van der Waals surface area contributed by atoms with Crippen LogP contribution in [0.25, 0.3) is 0 Å². The minimum Gasteiger partial charge on any atom is -0.363 e. The first-order valence-electron chi connectivity index (χ1n) is 5.23. The molecule has 2 aliphatic rings. The molecule has 2 saturated heterocycles. The van der Waals surface area contributed by atoms with Crippen molar-refractivity contribution in [1.82, 2.24) is 4.90 Å². The van der Waals surface area contributed by atoms with Crippen LogP contribution in [0.15, 0.2) is 0 Å². The van der Waals surface area contributed by atoms with Crippen molar-refractivity contribution in [3.05, 3.63) is 0 Å². The smallest absolute Gasteiger partial charge is 0.152 e. The standard InChI is InChI=1S/C9H17NO3S/c11-14(12)7-4-10(5-8-14)9-3-1-2-6-13-9/h9H,1-8H2. The average molecular weight is 219 g/mol. The average Bonchev–Trinajstić information content (AvgIpc) is 2.19. The Hall–Kier alpha value is -0.130. The predicted octanol–water partition coefficient (Wildman–Crippen LogP) is 0.243. The maximum absolute atomic E-state index is 11.2. The Morgan fingerprint density at radius 3 is 2.43 bits per heavy atom. The van der Waals surface area contributed by atoms with Gasteiger partial charge in [0.15, 0.2) is 9.84 Å². The zero-order chi connectivity index (χ0) is 10.0. The third kappa shape index (κ3) is 2.46. The highest BCUT2D eigenvalue weighted by Gasteiger charge is 2.28. The van der Waals surface area contributed by atoms with E-state index in [0.717, 1.165) is 19.4 Å². The van der Waals surface area contributed by atoms with Gasteiger partial charge < -0.3 is 4.74 Å². The molecule has 82 valence electrons. The van der Waals surface area contributed by atoms with E-state index in [0.29, 0.717) is 24.6 Å². The number of rotatable bonds is 1. The first-order valence-corrected chi connectivity index (χ1v) is 7.06. The van der Waals surface area contributed by atoms with Crippen LogP contribution in [0.1, 0.15) is 19.3 Å². The van der Waals surface area contributed by atoms with Crippen LogP contribution in [0, 0.1) is 0 Å². The topological polar surface area (TPSA) is 46.6 Å². The Kier molecular flexibility index (Phi) is 3.09. The summed E-state index contributed by atoms with van der Waals surface area (Å²) in [7, 11) is -2.75. The van der Waals surface area contributed by atoms with E-state index in [2.05, 4.69) is 4.90 Å². The number of nitrogens with zero attached hydrogens (tertiary/aromatic N) is 1. The summed E-state index contributed by atoms with van der Waals surface area (Å²) in [5.74, 6) is 0.597. The molecule has 14 heavy (non-hydrogen) atoms. The lowest BCUT2D eigenvalue weighted by atomic mass is 10.1. The molecule has 2 rings (SSSR count). The Morgan fingerprint density at radius 2 is 1.86 bits per heavy atom. The van der Waals surface area contributed by atoms with Crippen LogP contribution in [0.4, 0.5) is 0 Å². The molecule has 0 N–H and O–H groups in total. The maximum Gasteiger partial charge on any atom is 0.152 e. The first-order chi connectivity index (χ1) is 6.67. The van der Waals surface area contributed by atoms with Crippen LogP contribution in [0.2, 0.25) is 0 Å². The van der Waals surface area contributed by atoms with E-state index >= 15 is 0 Å². The molecule has 0 amide bonds. The molecular weight excluding hydrogens is 202 g/mol. The normalized spacial score (nSPS) is 34.1. The monoisotopic (exact) mass is 219 g/mol. The van der Waals surface area contributed by atoms with E-state index in [1.807, 2.05) is 0 Å². The highest BCUT2D eigenvalue weighted by atomic mass is 32.2. The zero-order valence-corrected chi connectivity index (χ0v) is 9.13. The van der Waals surface area contributed by atoms with Gasteiger partial charge in [0.05, 0.1) is 11.5 Å². The Balaban J connectivity index is 1.88. The van der Waals surface area contributed by atoms with Crippen LogP contribution >= 0.6 is 0 Å². The van der Waals surface area contributed by atoms with Gasteiger partial charge in [0.25, 0.3) is 0 Å². The third-order valence-electron chi connectivity index (χ3n) is 2.94. The van der Waals surface area contributed by atoms with Gasteiger partial charge in [0.2, 0.25) is 0 Å².